The lowest BCUT2D eigenvalue weighted by Crippen LogP contribution is -2.28. The number of amides is 2. The number of anilines is 1. The Morgan fingerprint density at radius 2 is 2.35 bits per heavy atom. The zero-order valence-electron chi connectivity index (χ0n) is 12.7. The molecular weight excluding hydrogens is 294 g/mol. The van der Waals surface area contributed by atoms with Crippen molar-refractivity contribution < 1.29 is 9.59 Å². The SMILES string of the molecule is C=CC(=O)N1CCC(CNc2c(C(N)=O)cnn3cccc23)C1. The molecule has 3 heterocycles. The van der Waals surface area contributed by atoms with Gasteiger partial charge in [0.25, 0.3) is 5.91 Å². The number of fused-ring (bicyclic) bond motifs is 1. The van der Waals surface area contributed by atoms with Crippen LogP contribution in [-0.2, 0) is 4.79 Å². The Morgan fingerprint density at radius 3 is 3.09 bits per heavy atom. The fourth-order valence-electron chi connectivity index (χ4n) is 2.94. The van der Waals surface area contributed by atoms with Gasteiger partial charge in [-0.1, -0.05) is 6.58 Å². The lowest BCUT2D eigenvalue weighted by Gasteiger charge is -2.16. The van der Waals surface area contributed by atoms with Crippen LogP contribution in [0.3, 0.4) is 0 Å². The average Bonchev–Trinajstić information content (AvgIpc) is 3.20. The van der Waals surface area contributed by atoms with Crippen molar-refractivity contribution in [1.29, 1.82) is 0 Å². The third-order valence-electron chi connectivity index (χ3n) is 4.17. The molecule has 0 spiro atoms. The second-order valence-corrected chi connectivity index (χ2v) is 5.66. The maximum atomic E-state index is 11.6. The summed E-state index contributed by atoms with van der Waals surface area (Å²) in [6, 6.07) is 3.74. The van der Waals surface area contributed by atoms with E-state index < -0.39 is 5.91 Å². The van der Waals surface area contributed by atoms with Crippen LogP contribution in [0.25, 0.3) is 5.52 Å². The van der Waals surface area contributed by atoms with E-state index in [1.54, 1.807) is 9.42 Å². The van der Waals surface area contributed by atoms with E-state index in [1.165, 1.54) is 12.3 Å². The molecule has 0 bridgehead atoms. The molecule has 1 atom stereocenters. The molecule has 0 aliphatic carbocycles. The number of nitrogens with zero attached hydrogens (tertiary/aromatic N) is 3. The van der Waals surface area contributed by atoms with Gasteiger partial charge in [-0.25, -0.2) is 4.52 Å². The minimum absolute atomic E-state index is 0.0387. The average molecular weight is 313 g/mol. The van der Waals surface area contributed by atoms with Crippen LogP contribution in [0.1, 0.15) is 16.8 Å². The molecule has 7 nitrogen and oxygen atoms in total. The molecular formula is C16H19N5O2. The van der Waals surface area contributed by atoms with Crippen molar-refractivity contribution in [3.8, 4) is 0 Å². The van der Waals surface area contributed by atoms with E-state index in [4.69, 9.17) is 5.73 Å². The van der Waals surface area contributed by atoms with Crippen molar-refractivity contribution in [2.24, 2.45) is 11.7 Å². The molecule has 7 heteroatoms. The normalized spacial score (nSPS) is 17.4. The highest BCUT2D eigenvalue weighted by Crippen LogP contribution is 2.23. The largest absolute Gasteiger partial charge is 0.382 e. The molecule has 0 aromatic carbocycles. The van der Waals surface area contributed by atoms with Gasteiger partial charge in [-0.05, 0) is 30.5 Å². The van der Waals surface area contributed by atoms with Gasteiger partial charge in [0.1, 0.15) is 0 Å². The highest BCUT2D eigenvalue weighted by Gasteiger charge is 2.25. The van der Waals surface area contributed by atoms with Crippen LogP contribution in [0.5, 0.6) is 0 Å². The van der Waals surface area contributed by atoms with E-state index in [9.17, 15) is 9.59 Å². The molecule has 2 amide bonds. The van der Waals surface area contributed by atoms with Crippen molar-refractivity contribution in [2.75, 3.05) is 25.0 Å². The van der Waals surface area contributed by atoms with E-state index >= 15 is 0 Å². The quantitative estimate of drug-likeness (QED) is 0.801. The van der Waals surface area contributed by atoms with Crippen LogP contribution in [0, 0.1) is 5.92 Å². The van der Waals surface area contributed by atoms with Crippen molar-refractivity contribution >= 4 is 23.0 Å². The van der Waals surface area contributed by atoms with Gasteiger partial charge < -0.3 is 16.0 Å². The van der Waals surface area contributed by atoms with Crippen LogP contribution >= 0.6 is 0 Å². The second kappa shape index (κ2) is 6.12. The Kier molecular flexibility index (Phi) is 4.01. The Hall–Kier alpha value is -2.83. The number of carbonyl (C=O) groups is 2. The van der Waals surface area contributed by atoms with Gasteiger partial charge in [-0.15, -0.1) is 0 Å². The van der Waals surface area contributed by atoms with E-state index in [1.807, 2.05) is 18.3 Å². The van der Waals surface area contributed by atoms with Crippen LogP contribution in [0.15, 0.2) is 37.2 Å². The zero-order valence-corrected chi connectivity index (χ0v) is 12.7. The van der Waals surface area contributed by atoms with Gasteiger partial charge in [0.2, 0.25) is 5.91 Å². The fourth-order valence-corrected chi connectivity index (χ4v) is 2.94. The number of rotatable bonds is 5. The molecule has 1 aliphatic rings. The smallest absolute Gasteiger partial charge is 0.252 e. The van der Waals surface area contributed by atoms with E-state index in [-0.39, 0.29) is 5.91 Å². The zero-order chi connectivity index (χ0) is 16.4. The first-order chi connectivity index (χ1) is 11.1. The highest BCUT2D eigenvalue weighted by atomic mass is 16.2. The third kappa shape index (κ3) is 2.90. The van der Waals surface area contributed by atoms with Crippen LogP contribution in [-0.4, -0.2) is 46.0 Å². The number of primary amides is 1. The number of likely N-dealkylation sites (tertiary alicyclic amines) is 1. The number of nitrogens with one attached hydrogen (secondary N) is 1. The summed E-state index contributed by atoms with van der Waals surface area (Å²) in [4.78, 5) is 25.1. The number of hydrogen-bond acceptors (Lipinski definition) is 4. The third-order valence-corrected chi connectivity index (χ3v) is 4.17. The fraction of sp³-hybridized carbons (Fsp3) is 0.312. The Balaban J connectivity index is 1.76. The standard InChI is InChI=1S/C16H19N5O2/c1-2-14(22)20-7-5-11(10-20)8-18-15-12(16(17)23)9-19-21-6-3-4-13(15)21/h2-4,6,9,11,18H,1,5,7-8,10H2,(H2,17,23). The van der Waals surface area contributed by atoms with Crippen molar-refractivity contribution in [1.82, 2.24) is 14.5 Å². The van der Waals surface area contributed by atoms with Gasteiger partial charge in [0.05, 0.1) is 23.0 Å². The number of aromatic nitrogens is 2. The highest BCUT2D eigenvalue weighted by molar-refractivity contribution is 6.01. The molecule has 0 radical (unpaired) electrons. The molecule has 2 aromatic rings. The summed E-state index contributed by atoms with van der Waals surface area (Å²) in [5.74, 6) is -0.232. The molecule has 120 valence electrons. The molecule has 1 fully saturated rings. The molecule has 2 aromatic heterocycles. The lowest BCUT2D eigenvalue weighted by molar-refractivity contribution is -0.125. The maximum absolute atomic E-state index is 11.6. The molecule has 23 heavy (non-hydrogen) atoms. The minimum atomic E-state index is -0.515. The summed E-state index contributed by atoms with van der Waals surface area (Å²) >= 11 is 0. The molecule has 1 saturated heterocycles. The van der Waals surface area contributed by atoms with E-state index in [0.717, 1.165) is 18.5 Å². The van der Waals surface area contributed by atoms with E-state index in [2.05, 4.69) is 17.0 Å². The Labute approximate surface area is 133 Å². The number of nitrogens with two attached hydrogens (primary N) is 1. The first-order valence-electron chi connectivity index (χ1n) is 7.51. The first-order valence-corrected chi connectivity index (χ1v) is 7.51. The van der Waals surface area contributed by atoms with E-state index in [0.29, 0.717) is 30.3 Å². The summed E-state index contributed by atoms with van der Waals surface area (Å²) in [6.45, 7) is 5.59. The summed E-state index contributed by atoms with van der Waals surface area (Å²) in [6.07, 6.45) is 5.54. The summed E-state index contributed by atoms with van der Waals surface area (Å²) in [5.41, 5.74) is 7.30. The molecule has 3 rings (SSSR count). The van der Waals surface area contributed by atoms with Crippen LogP contribution in [0.2, 0.25) is 0 Å². The van der Waals surface area contributed by atoms with Gasteiger partial charge in [-0.3, -0.25) is 9.59 Å². The predicted octanol–water partition coefficient (Wildman–Crippen LogP) is 0.880. The molecule has 0 saturated carbocycles. The molecule has 1 unspecified atom stereocenters. The number of hydrogen-bond donors (Lipinski definition) is 2. The van der Waals surface area contributed by atoms with Gasteiger partial charge >= 0.3 is 0 Å². The van der Waals surface area contributed by atoms with Gasteiger partial charge in [0.15, 0.2) is 0 Å². The predicted molar refractivity (Wildman–Crippen MR) is 87.1 cm³/mol. The first kappa shape index (κ1) is 15.1. The monoisotopic (exact) mass is 313 g/mol. The van der Waals surface area contributed by atoms with Crippen LogP contribution < -0.4 is 11.1 Å². The Morgan fingerprint density at radius 1 is 1.52 bits per heavy atom. The minimum Gasteiger partial charge on any atom is -0.382 e. The van der Waals surface area contributed by atoms with Crippen LogP contribution in [0.4, 0.5) is 5.69 Å². The van der Waals surface area contributed by atoms with Gasteiger partial charge in [0, 0.05) is 25.8 Å². The van der Waals surface area contributed by atoms with Gasteiger partial charge in [-0.2, -0.15) is 5.10 Å². The van der Waals surface area contributed by atoms with Crippen molar-refractivity contribution in [3.05, 3.63) is 42.7 Å². The lowest BCUT2D eigenvalue weighted by atomic mass is 10.1. The summed E-state index contributed by atoms with van der Waals surface area (Å²) < 4.78 is 1.69. The van der Waals surface area contributed by atoms with Crippen molar-refractivity contribution in [2.45, 2.75) is 6.42 Å². The number of carbonyl (C=O) groups excluding carboxylic acids is 2. The maximum Gasteiger partial charge on any atom is 0.252 e. The molecule has 3 N–H and O–H groups in total. The van der Waals surface area contributed by atoms with Crippen molar-refractivity contribution in [3.63, 3.8) is 0 Å². The second-order valence-electron chi connectivity index (χ2n) is 5.66. The summed E-state index contributed by atoms with van der Waals surface area (Å²) in [7, 11) is 0. The Bertz CT molecular complexity index is 767. The summed E-state index contributed by atoms with van der Waals surface area (Å²) in [5, 5.41) is 7.48. The topological polar surface area (TPSA) is 92.7 Å². The molecule has 1 aliphatic heterocycles.